The molecule has 0 aromatic carbocycles. The fourth-order valence-electron chi connectivity index (χ4n) is 2.20. The van der Waals surface area contributed by atoms with Gasteiger partial charge in [0.15, 0.2) is 0 Å². The molecule has 0 aliphatic rings. The molecule has 0 aromatic heterocycles. The maximum Gasteiger partial charge on any atom is 0.0781 e. The van der Waals surface area contributed by atoms with Gasteiger partial charge in [-0.05, 0) is 46.0 Å². The van der Waals surface area contributed by atoms with Gasteiger partial charge in [-0.25, -0.2) is 0 Å². The first-order valence-corrected chi connectivity index (χ1v) is 8.94. The molecule has 0 radical (unpaired) electrons. The number of rotatable bonds is 14. The van der Waals surface area contributed by atoms with Gasteiger partial charge >= 0.3 is 0 Å². The van der Waals surface area contributed by atoms with E-state index in [1.807, 2.05) is 20.8 Å². The SMILES string of the molecule is CC(N)COC(C)CCCC(C)(C)COCC(C)OCC(C)N. The summed E-state index contributed by atoms with van der Waals surface area (Å²) in [4.78, 5) is 0. The van der Waals surface area contributed by atoms with E-state index in [0.29, 0.717) is 19.8 Å². The minimum absolute atomic E-state index is 0.0698. The molecule has 0 aliphatic heterocycles. The van der Waals surface area contributed by atoms with Crippen LogP contribution in [0.4, 0.5) is 0 Å². The maximum atomic E-state index is 5.82. The van der Waals surface area contributed by atoms with E-state index in [0.717, 1.165) is 25.9 Å². The minimum Gasteiger partial charge on any atom is -0.378 e. The van der Waals surface area contributed by atoms with E-state index in [1.165, 1.54) is 0 Å². The van der Waals surface area contributed by atoms with Crippen LogP contribution in [0.1, 0.15) is 60.8 Å². The molecule has 140 valence electrons. The van der Waals surface area contributed by atoms with Crippen LogP contribution in [0.25, 0.3) is 0 Å². The molecule has 0 amide bonds. The first kappa shape index (κ1) is 22.8. The predicted molar refractivity (Wildman–Crippen MR) is 96.6 cm³/mol. The molecular weight excluding hydrogens is 292 g/mol. The highest BCUT2D eigenvalue weighted by atomic mass is 16.5. The highest BCUT2D eigenvalue weighted by Gasteiger charge is 2.19. The molecule has 5 nitrogen and oxygen atoms in total. The van der Waals surface area contributed by atoms with Crippen LogP contribution in [0.2, 0.25) is 0 Å². The summed E-state index contributed by atoms with van der Waals surface area (Å²) >= 11 is 0. The molecule has 4 unspecified atom stereocenters. The van der Waals surface area contributed by atoms with Gasteiger partial charge in [0.25, 0.3) is 0 Å². The summed E-state index contributed by atoms with van der Waals surface area (Å²) in [6.07, 6.45) is 3.67. The summed E-state index contributed by atoms with van der Waals surface area (Å²) in [6, 6.07) is 0.175. The first-order valence-electron chi connectivity index (χ1n) is 8.94. The van der Waals surface area contributed by atoms with E-state index in [4.69, 9.17) is 25.7 Å². The lowest BCUT2D eigenvalue weighted by atomic mass is 9.88. The third-order valence-corrected chi connectivity index (χ3v) is 3.60. The second-order valence-corrected chi connectivity index (χ2v) is 7.81. The van der Waals surface area contributed by atoms with Crippen molar-refractivity contribution >= 4 is 0 Å². The number of hydrogen-bond acceptors (Lipinski definition) is 5. The average Bonchev–Trinajstić information content (AvgIpc) is 2.42. The summed E-state index contributed by atoms with van der Waals surface area (Å²) in [5.74, 6) is 0. The molecule has 23 heavy (non-hydrogen) atoms. The van der Waals surface area contributed by atoms with Crippen LogP contribution in [0, 0.1) is 5.41 Å². The van der Waals surface area contributed by atoms with E-state index in [-0.39, 0.29) is 29.7 Å². The Labute approximate surface area is 143 Å². The van der Waals surface area contributed by atoms with Gasteiger partial charge in [-0.1, -0.05) is 20.3 Å². The van der Waals surface area contributed by atoms with E-state index >= 15 is 0 Å². The van der Waals surface area contributed by atoms with Crippen LogP contribution in [0.3, 0.4) is 0 Å². The zero-order valence-corrected chi connectivity index (χ0v) is 16.1. The summed E-state index contributed by atoms with van der Waals surface area (Å²) in [5.41, 5.74) is 11.5. The lowest BCUT2D eigenvalue weighted by Gasteiger charge is -2.26. The zero-order chi connectivity index (χ0) is 17.9. The lowest BCUT2D eigenvalue weighted by Crippen LogP contribution is -2.28. The molecule has 0 aromatic rings. The Morgan fingerprint density at radius 3 is 1.87 bits per heavy atom. The van der Waals surface area contributed by atoms with Crippen LogP contribution in [-0.2, 0) is 14.2 Å². The largest absolute Gasteiger partial charge is 0.378 e. The molecule has 0 saturated heterocycles. The topological polar surface area (TPSA) is 79.7 Å². The molecular formula is C18H40N2O3. The Morgan fingerprint density at radius 2 is 1.35 bits per heavy atom. The van der Waals surface area contributed by atoms with Gasteiger partial charge in [-0.2, -0.15) is 0 Å². The van der Waals surface area contributed by atoms with Gasteiger partial charge in [0.1, 0.15) is 0 Å². The molecule has 4 N–H and O–H groups in total. The molecule has 0 rings (SSSR count). The highest BCUT2D eigenvalue weighted by molar-refractivity contribution is 4.69. The van der Waals surface area contributed by atoms with E-state index < -0.39 is 0 Å². The van der Waals surface area contributed by atoms with Crippen molar-refractivity contribution < 1.29 is 14.2 Å². The number of nitrogens with two attached hydrogens (primary N) is 2. The quantitative estimate of drug-likeness (QED) is 0.511. The first-order chi connectivity index (χ1) is 10.6. The zero-order valence-electron chi connectivity index (χ0n) is 16.1. The molecule has 0 aliphatic carbocycles. The van der Waals surface area contributed by atoms with E-state index in [9.17, 15) is 0 Å². The minimum atomic E-state index is 0.0698. The van der Waals surface area contributed by atoms with Gasteiger partial charge in [0.2, 0.25) is 0 Å². The molecule has 0 bridgehead atoms. The Balaban J connectivity index is 3.75. The molecule has 0 saturated carbocycles. The average molecular weight is 333 g/mol. The van der Waals surface area contributed by atoms with Crippen molar-refractivity contribution in [1.29, 1.82) is 0 Å². The van der Waals surface area contributed by atoms with Gasteiger partial charge in [-0.3, -0.25) is 0 Å². The molecule has 0 spiro atoms. The maximum absolute atomic E-state index is 5.82. The molecule has 0 heterocycles. The van der Waals surface area contributed by atoms with Crippen molar-refractivity contribution in [3.05, 3.63) is 0 Å². The van der Waals surface area contributed by atoms with Crippen LogP contribution < -0.4 is 11.5 Å². The number of hydrogen-bond donors (Lipinski definition) is 2. The second-order valence-electron chi connectivity index (χ2n) is 7.81. The Hall–Kier alpha value is -0.200. The fraction of sp³-hybridized carbons (Fsp3) is 1.00. The summed E-state index contributed by atoms with van der Waals surface area (Å²) in [5, 5.41) is 0. The summed E-state index contributed by atoms with van der Waals surface area (Å²) < 4.78 is 17.1. The van der Waals surface area contributed by atoms with Crippen LogP contribution in [0.5, 0.6) is 0 Å². The van der Waals surface area contributed by atoms with Crippen molar-refractivity contribution in [3.8, 4) is 0 Å². The highest BCUT2D eigenvalue weighted by Crippen LogP contribution is 2.24. The monoisotopic (exact) mass is 332 g/mol. The second kappa shape index (κ2) is 12.2. The van der Waals surface area contributed by atoms with Crippen molar-refractivity contribution in [2.75, 3.05) is 26.4 Å². The van der Waals surface area contributed by atoms with Crippen molar-refractivity contribution in [2.45, 2.75) is 85.1 Å². The third-order valence-electron chi connectivity index (χ3n) is 3.60. The van der Waals surface area contributed by atoms with Crippen LogP contribution in [-0.4, -0.2) is 50.7 Å². The Morgan fingerprint density at radius 1 is 0.826 bits per heavy atom. The smallest absolute Gasteiger partial charge is 0.0781 e. The Bertz CT molecular complexity index is 257. The van der Waals surface area contributed by atoms with E-state index in [2.05, 4.69) is 20.8 Å². The van der Waals surface area contributed by atoms with Gasteiger partial charge < -0.3 is 25.7 Å². The molecule has 0 fully saturated rings. The standard InChI is InChI=1S/C18H40N2O3/c1-14(19)10-22-16(3)8-7-9-18(5,6)13-21-12-17(4)23-11-15(2)20/h14-17H,7-13,19-20H2,1-6H3. The van der Waals surface area contributed by atoms with Crippen LogP contribution in [0.15, 0.2) is 0 Å². The molecule has 4 atom stereocenters. The van der Waals surface area contributed by atoms with Gasteiger partial charge in [0.05, 0.1) is 38.6 Å². The Kier molecular flexibility index (Phi) is 12.1. The van der Waals surface area contributed by atoms with Gasteiger partial charge in [0, 0.05) is 12.1 Å². The summed E-state index contributed by atoms with van der Waals surface area (Å²) in [7, 11) is 0. The van der Waals surface area contributed by atoms with Crippen molar-refractivity contribution in [2.24, 2.45) is 16.9 Å². The van der Waals surface area contributed by atoms with E-state index in [1.54, 1.807) is 0 Å². The number of ether oxygens (including phenoxy) is 3. The van der Waals surface area contributed by atoms with Crippen molar-refractivity contribution in [1.82, 2.24) is 0 Å². The van der Waals surface area contributed by atoms with Crippen molar-refractivity contribution in [3.63, 3.8) is 0 Å². The van der Waals surface area contributed by atoms with Gasteiger partial charge in [-0.15, -0.1) is 0 Å². The predicted octanol–water partition coefficient (Wildman–Crippen LogP) is 2.70. The third kappa shape index (κ3) is 15.1. The summed E-state index contributed by atoms with van der Waals surface area (Å²) in [6.45, 7) is 15.1. The fourth-order valence-corrected chi connectivity index (χ4v) is 2.20. The normalized spacial score (nSPS) is 17.7. The molecule has 5 heteroatoms. The van der Waals surface area contributed by atoms with Crippen LogP contribution >= 0.6 is 0 Å². The lowest BCUT2D eigenvalue weighted by molar-refractivity contribution is -0.0318.